The van der Waals surface area contributed by atoms with Gasteiger partial charge in [0.25, 0.3) is 11.8 Å². The molecule has 0 aliphatic heterocycles. The Morgan fingerprint density at radius 3 is 2.53 bits per heavy atom. The highest BCUT2D eigenvalue weighted by atomic mass is 19.4. The van der Waals surface area contributed by atoms with Crippen LogP contribution in [0.1, 0.15) is 71.1 Å². The fourth-order valence-corrected chi connectivity index (χ4v) is 4.31. The second kappa shape index (κ2) is 9.46. The summed E-state index contributed by atoms with van der Waals surface area (Å²) in [7, 11) is 0. The number of nitrogens with one attached hydrogen (secondary N) is 2. The van der Waals surface area contributed by atoms with Crippen molar-refractivity contribution in [1.82, 2.24) is 15.3 Å². The van der Waals surface area contributed by atoms with Crippen molar-refractivity contribution < 1.29 is 22.8 Å². The zero-order chi connectivity index (χ0) is 24.5. The average Bonchev–Trinajstić information content (AvgIpc) is 3.26. The number of nitrogens with two attached hydrogens (primary N) is 1. The van der Waals surface area contributed by atoms with E-state index in [1.54, 1.807) is 0 Å². The van der Waals surface area contributed by atoms with E-state index < -0.39 is 23.2 Å². The lowest BCUT2D eigenvalue weighted by Crippen LogP contribution is -2.39. The number of aromatic nitrogens is 2. The Balaban J connectivity index is 1.73. The van der Waals surface area contributed by atoms with E-state index in [9.17, 15) is 22.8 Å². The van der Waals surface area contributed by atoms with Crippen LogP contribution in [0.2, 0.25) is 0 Å². The number of rotatable bonds is 5. The number of aryl methyl sites for hydroxylation is 1. The van der Waals surface area contributed by atoms with Gasteiger partial charge in [-0.25, -0.2) is 15.8 Å². The van der Waals surface area contributed by atoms with Crippen LogP contribution in [0.15, 0.2) is 36.4 Å². The summed E-state index contributed by atoms with van der Waals surface area (Å²) >= 11 is 0. The minimum atomic E-state index is -4.72. The number of hydrogen-bond donors (Lipinski definition) is 3. The van der Waals surface area contributed by atoms with Gasteiger partial charge in [-0.1, -0.05) is 38.3 Å². The molecule has 0 unspecified atom stereocenters. The van der Waals surface area contributed by atoms with Gasteiger partial charge in [0.1, 0.15) is 11.3 Å². The van der Waals surface area contributed by atoms with E-state index in [4.69, 9.17) is 5.84 Å². The number of amides is 2. The van der Waals surface area contributed by atoms with Crippen molar-refractivity contribution in [2.75, 3.05) is 5.01 Å². The highest BCUT2D eigenvalue weighted by Crippen LogP contribution is 2.33. The minimum absolute atomic E-state index is 0.0406. The summed E-state index contributed by atoms with van der Waals surface area (Å²) in [5.74, 6) is 5.25. The first-order chi connectivity index (χ1) is 16.2. The van der Waals surface area contributed by atoms with E-state index >= 15 is 0 Å². The molecule has 1 saturated carbocycles. The number of hydrogen-bond acceptors (Lipinski definition) is 4. The summed E-state index contributed by atoms with van der Waals surface area (Å²) in [6.45, 7) is 1.90. The van der Waals surface area contributed by atoms with Gasteiger partial charge < -0.3 is 10.3 Å². The van der Waals surface area contributed by atoms with Gasteiger partial charge >= 0.3 is 6.18 Å². The Bertz CT molecular complexity index is 1220. The van der Waals surface area contributed by atoms with Gasteiger partial charge in [0, 0.05) is 12.5 Å². The zero-order valence-electron chi connectivity index (χ0n) is 18.7. The zero-order valence-corrected chi connectivity index (χ0v) is 18.7. The molecule has 180 valence electrons. The average molecular weight is 473 g/mol. The lowest BCUT2D eigenvalue weighted by molar-refractivity contribution is -0.137. The van der Waals surface area contributed by atoms with Crippen molar-refractivity contribution in [3.8, 4) is 0 Å². The molecule has 2 aromatic carbocycles. The third kappa shape index (κ3) is 4.77. The summed E-state index contributed by atoms with van der Waals surface area (Å²) in [5, 5.41) is 3.66. The van der Waals surface area contributed by atoms with E-state index in [2.05, 4.69) is 15.3 Å². The maximum absolute atomic E-state index is 13.4. The number of H-pyrrole nitrogens is 1. The molecular formula is C24H26F3N5O2. The first kappa shape index (κ1) is 23.7. The smallest absolute Gasteiger partial charge is 0.349 e. The van der Waals surface area contributed by atoms with Crippen LogP contribution in [0.4, 0.5) is 18.9 Å². The number of hydrazine groups is 1. The van der Waals surface area contributed by atoms with E-state index in [-0.39, 0.29) is 23.2 Å². The van der Waals surface area contributed by atoms with Crippen LogP contribution < -0.4 is 16.2 Å². The normalized spacial score (nSPS) is 14.9. The van der Waals surface area contributed by atoms with E-state index in [1.165, 1.54) is 24.3 Å². The molecule has 3 aromatic rings. The molecule has 34 heavy (non-hydrogen) atoms. The van der Waals surface area contributed by atoms with Crippen molar-refractivity contribution >= 4 is 28.5 Å². The van der Waals surface area contributed by atoms with Gasteiger partial charge in [-0.05, 0) is 37.1 Å². The Morgan fingerprint density at radius 2 is 1.85 bits per heavy atom. The predicted octanol–water partition coefficient (Wildman–Crippen LogP) is 4.73. The van der Waals surface area contributed by atoms with Crippen LogP contribution in [0.3, 0.4) is 0 Å². The van der Waals surface area contributed by atoms with Crippen molar-refractivity contribution in [2.45, 2.75) is 57.7 Å². The monoisotopic (exact) mass is 473 g/mol. The molecule has 1 aromatic heterocycles. The number of benzene rings is 2. The highest BCUT2D eigenvalue weighted by Gasteiger charge is 2.36. The molecule has 10 heteroatoms. The van der Waals surface area contributed by atoms with Crippen molar-refractivity contribution in [3.63, 3.8) is 0 Å². The maximum Gasteiger partial charge on any atom is 0.417 e. The number of carbonyl (C=O) groups is 2. The molecule has 0 spiro atoms. The number of aromatic amines is 1. The summed E-state index contributed by atoms with van der Waals surface area (Å²) < 4.78 is 40.3. The summed E-state index contributed by atoms with van der Waals surface area (Å²) in [6.07, 6.45) is 0.823. The van der Waals surface area contributed by atoms with Gasteiger partial charge in [-0.3, -0.25) is 9.59 Å². The number of fused-ring (bicyclic) bond motifs is 1. The fraction of sp³-hybridized carbons (Fsp3) is 0.375. The molecule has 0 bridgehead atoms. The van der Waals surface area contributed by atoms with Crippen molar-refractivity contribution in [1.29, 1.82) is 0 Å². The highest BCUT2D eigenvalue weighted by molar-refractivity contribution is 6.10. The Hall–Kier alpha value is -3.40. The first-order valence-corrected chi connectivity index (χ1v) is 11.3. The SMILES string of the molecule is CCc1nc2c(C(=O)NC3CCCCC3)cc(N(N)C(=O)c3ccccc3C(F)(F)F)cc2[nH]1. The van der Waals surface area contributed by atoms with Gasteiger partial charge in [-0.2, -0.15) is 13.2 Å². The Morgan fingerprint density at radius 1 is 1.15 bits per heavy atom. The minimum Gasteiger partial charge on any atom is -0.349 e. The number of anilines is 1. The number of alkyl halides is 3. The van der Waals surface area contributed by atoms with E-state index in [1.807, 2.05) is 6.92 Å². The van der Waals surface area contributed by atoms with Gasteiger partial charge in [0.15, 0.2) is 0 Å². The standard InChI is InChI=1S/C24H26F3N5O2/c1-2-20-30-19-13-15(32(28)23(34)16-10-6-7-11-18(16)24(25,26)27)12-17(21(19)31-20)22(33)29-14-8-4-3-5-9-14/h6-7,10-14H,2-5,8-9,28H2,1H3,(H,29,33)(H,30,31). The molecule has 0 radical (unpaired) electrons. The second-order valence-electron chi connectivity index (χ2n) is 8.45. The number of halogens is 3. The second-order valence-corrected chi connectivity index (χ2v) is 8.45. The fourth-order valence-electron chi connectivity index (χ4n) is 4.31. The van der Waals surface area contributed by atoms with E-state index in [0.29, 0.717) is 28.3 Å². The molecule has 4 N–H and O–H groups in total. The molecule has 4 rings (SSSR count). The number of nitrogens with zero attached hydrogens (tertiary/aromatic N) is 2. The molecule has 1 aliphatic rings. The molecular weight excluding hydrogens is 447 g/mol. The molecule has 1 fully saturated rings. The van der Waals surface area contributed by atoms with Gasteiger partial charge in [0.2, 0.25) is 0 Å². The number of imidazole rings is 1. The lowest BCUT2D eigenvalue weighted by Gasteiger charge is -2.23. The summed E-state index contributed by atoms with van der Waals surface area (Å²) in [4.78, 5) is 33.7. The largest absolute Gasteiger partial charge is 0.417 e. The number of carbonyl (C=O) groups excluding carboxylic acids is 2. The van der Waals surface area contributed by atoms with Crippen LogP contribution in [0.5, 0.6) is 0 Å². The van der Waals surface area contributed by atoms with Crippen LogP contribution in [-0.4, -0.2) is 27.8 Å². The van der Waals surface area contributed by atoms with Crippen LogP contribution in [-0.2, 0) is 12.6 Å². The third-order valence-corrected chi connectivity index (χ3v) is 6.10. The van der Waals surface area contributed by atoms with Crippen LogP contribution in [0.25, 0.3) is 11.0 Å². The van der Waals surface area contributed by atoms with E-state index in [0.717, 1.165) is 44.2 Å². The van der Waals surface area contributed by atoms with Crippen molar-refractivity contribution in [3.05, 3.63) is 58.9 Å². The maximum atomic E-state index is 13.4. The van der Waals surface area contributed by atoms with Crippen LogP contribution >= 0.6 is 0 Å². The first-order valence-electron chi connectivity index (χ1n) is 11.3. The lowest BCUT2D eigenvalue weighted by atomic mass is 9.95. The molecule has 1 aliphatic carbocycles. The predicted molar refractivity (Wildman–Crippen MR) is 122 cm³/mol. The Kier molecular flexibility index (Phi) is 6.60. The molecule has 2 amide bonds. The molecule has 0 saturated heterocycles. The summed E-state index contributed by atoms with van der Waals surface area (Å²) in [5.41, 5.74) is -0.483. The molecule has 0 atom stereocenters. The van der Waals surface area contributed by atoms with Crippen LogP contribution in [0, 0.1) is 0 Å². The Labute approximate surface area is 194 Å². The molecule has 7 nitrogen and oxygen atoms in total. The third-order valence-electron chi connectivity index (χ3n) is 6.10. The molecule has 1 heterocycles. The van der Waals surface area contributed by atoms with Gasteiger partial charge in [-0.15, -0.1) is 0 Å². The quantitative estimate of drug-likeness (QED) is 0.283. The summed E-state index contributed by atoms with van der Waals surface area (Å²) in [6, 6.07) is 7.39. The topological polar surface area (TPSA) is 104 Å². The van der Waals surface area contributed by atoms with Gasteiger partial charge in [0.05, 0.1) is 27.9 Å². The van der Waals surface area contributed by atoms with Crippen molar-refractivity contribution in [2.24, 2.45) is 5.84 Å².